The van der Waals surface area contributed by atoms with Gasteiger partial charge in [0.2, 0.25) is 17.7 Å². The van der Waals surface area contributed by atoms with Gasteiger partial charge in [-0.2, -0.15) is 0 Å². The normalized spacial score (nSPS) is 15.5. The average molecular weight is 1100 g/mol. The number of hydrogen-bond acceptors (Lipinski definition) is 14. The van der Waals surface area contributed by atoms with E-state index in [0.29, 0.717) is 35.6 Å². The van der Waals surface area contributed by atoms with Crippen LogP contribution in [-0.4, -0.2) is 120 Å². The second-order valence-electron chi connectivity index (χ2n) is 20.0. The monoisotopic (exact) mass is 1100 g/mol. The summed E-state index contributed by atoms with van der Waals surface area (Å²) in [7, 11) is -1.12. The molecule has 0 radical (unpaired) electrons. The number of sulfonamides is 1. The maximum absolute atomic E-state index is 14.1. The molecule has 0 spiro atoms. The summed E-state index contributed by atoms with van der Waals surface area (Å²) in [6.07, 6.45) is 0.351. The van der Waals surface area contributed by atoms with E-state index in [4.69, 9.17) is 18.9 Å². The highest BCUT2D eigenvalue weighted by atomic mass is 32.2. The van der Waals surface area contributed by atoms with Crippen LogP contribution in [0.2, 0.25) is 0 Å². The number of anilines is 1. The highest BCUT2D eigenvalue weighted by Gasteiger charge is 2.44. The summed E-state index contributed by atoms with van der Waals surface area (Å²) in [6.45, 7) is 11.9. The van der Waals surface area contributed by atoms with Gasteiger partial charge in [0.15, 0.2) is 5.75 Å². The summed E-state index contributed by atoms with van der Waals surface area (Å²) in [5, 5.41) is 19.2. The van der Waals surface area contributed by atoms with Crippen LogP contribution in [0.1, 0.15) is 81.5 Å². The molecule has 20 nitrogen and oxygen atoms in total. The number of β-amino-alcohol motifs (C(OH)–C–C–N with tert-alkyl or cyclic N) is 1. The van der Waals surface area contributed by atoms with Gasteiger partial charge >= 0.3 is 5.69 Å². The number of nitrogens with one attached hydrogen (secondary N) is 4. The molecule has 412 valence electrons. The standard InChI is InChI=1S/C55H68N8O12S2/c1-9-22-74-40-14-11-15-41(28-40)75-47-30-45-44(61(7)54(69)62(45)8)29-43(47)60-77(70,71)42-16-10-13-38(26-42)51(66)56-21-25-72-23-12-24-73-32-48(65)59-50(55(4,5)6)53(68)63-31-39(64)27-46(63)52(67)58-34(2)36-17-19-37(20-18-36)49-35(3)57-33-76-49/h10-11,13-20,26,28-30,33-34,39,46,50,60,64H,9,12,21-25,27,31-32H2,1-8H3,(H,56,66)(H,58,67)(H,59,65)/t34-,39+,46-,50+/m0/s1. The fourth-order valence-corrected chi connectivity index (χ4v) is 10.7. The van der Waals surface area contributed by atoms with Gasteiger partial charge in [0.25, 0.3) is 15.9 Å². The van der Waals surface area contributed by atoms with Crippen LogP contribution in [0.4, 0.5) is 5.69 Å². The minimum absolute atomic E-state index is 0.0559. The maximum atomic E-state index is 14.1. The fourth-order valence-electron chi connectivity index (χ4n) is 8.76. The highest BCUT2D eigenvalue weighted by Crippen LogP contribution is 2.37. The second kappa shape index (κ2) is 25.4. The molecule has 22 heteroatoms. The molecule has 7 rings (SSSR count). The lowest BCUT2D eigenvalue weighted by molar-refractivity contribution is -0.144. The van der Waals surface area contributed by atoms with Crippen LogP contribution in [0, 0.1) is 12.3 Å². The lowest BCUT2D eigenvalue weighted by atomic mass is 9.85. The van der Waals surface area contributed by atoms with Crippen molar-refractivity contribution < 1.29 is 51.6 Å². The minimum Gasteiger partial charge on any atom is -0.493 e. The first-order valence-corrected chi connectivity index (χ1v) is 27.8. The fraction of sp³-hybridized carbons (Fsp3) is 0.418. The summed E-state index contributed by atoms with van der Waals surface area (Å²) in [4.78, 5) is 73.5. The van der Waals surface area contributed by atoms with Crippen LogP contribution < -0.4 is 35.8 Å². The molecule has 77 heavy (non-hydrogen) atoms. The van der Waals surface area contributed by atoms with Crippen LogP contribution in [0.3, 0.4) is 0 Å². The van der Waals surface area contributed by atoms with E-state index < -0.39 is 57.3 Å². The molecular weight excluding hydrogens is 1030 g/mol. The Hall–Kier alpha value is -7.11. The molecule has 1 saturated heterocycles. The molecule has 1 fully saturated rings. The number of aliphatic hydroxyl groups is 1. The van der Waals surface area contributed by atoms with Crippen molar-refractivity contribution in [2.45, 2.75) is 89.9 Å². The van der Waals surface area contributed by atoms with Gasteiger partial charge in [0.05, 0.1) is 63.1 Å². The molecule has 1 aliphatic heterocycles. The van der Waals surface area contributed by atoms with E-state index in [1.54, 1.807) is 82.0 Å². The number of aryl methyl sites for hydroxylation is 3. The van der Waals surface area contributed by atoms with Crippen LogP contribution in [-0.2, 0) is 48.0 Å². The number of benzene rings is 4. The van der Waals surface area contributed by atoms with Crippen molar-refractivity contribution in [3.63, 3.8) is 0 Å². The molecule has 5 N–H and O–H groups in total. The maximum Gasteiger partial charge on any atom is 0.328 e. The van der Waals surface area contributed by atoms with Gasteiger partial charge in [-0.25, -0.2) is 18.2 Å². The molecule has 3 heterocycles. The average Bonchev–Trinajstić information content (AvgIpc) is 4.08. The Morgan fingerprint density at radius 2 is 1.58 bits per heavy atom. The number of nitrogens with zero attached hydrogens (tertiary/aromatic N) is 4. The lowest BCUT2D eigenvalue weighted by Gasteiger charge is -2.35. The summed E-state index contributed by atoms with van der Waals surface area (Å²) in [5.74, 6) is -0.876. The number of amides is 4. The lowest BCUT2D eigenvalue weighted by Crippen LogP contribution is -2.58. The Labute approximate surface area is 452 Å². The number of carbonyl (C=O) groups is 4. The first kappa shape index (κ1) is 57.6. The van der Waals surface area contributed by atoms with Crippen molar-refractivity contribution >= 4 is 61.7 Å². The third-order valence-corrected chi connectivity index (χ3v) is 15.3. The van der Waals surface area contributed by atoms with E-state index in [9.17, 15) is 37.5 Å². The van der Waals surface area contributed by atoms with Crippen LogP contribution >= 0.6 is 11.3 Å². The molecule has 4 aromatic carbocycles. The van der Waals surface area contributed by atoms with Gasteiger partial charge < -0.3 is 44.9 Å². The molecular formula is C55H68N8O12S2. The summed E-state index contributed by atoms with van der Waals surface area (Å²) >= 11 is 1.56. The van der Waals surface area contributed by atoms with Crippen molar-refractivity contribution in [3.8, 4) is 27.7 Å². The molecule has 1 aliphatic rings. The van der Waals surface area contributed by atoms with E-state index in [1.807, 2.05) is 45.0 Å². The van der Waals surface area contributed by atoms with E-state index in [-0.39, 0.29) is 79.6 Å². The molecule has 0 bridgehead atoms. The summed E-state index contributed by atoms with van der Waals surface area (Å²) in [6, 6.07) is 21.1. The van der Waals surface area contributed by atoms with Gasteiger partial charge in [0.1, 0.15) is 30.2 Å². The second-order valence-corrected chi connectivity index (χ2v) is 22.5. The summed E-state index contributed by atoms with van der Waals surface area (Å²) in [5.41, 5.74) is 4.69. The van der Waals surface area contributed by atoms with Gasteiger partial charge in [0, 0.05) is 64.5 Å². The summed E-state index contributed by atoms with van der Waals surface area (Å²) < 4.78 is 56.4. The highest BCUT2D eigenvalue weighted by molar-refractivity contribution is 7.92. The first-order chi connectivity index (χ1) is 36.6. The Morgan fingerprint density at radius 3 is 2.29 bits per heavy atom. The van der Waals surface area contributed by atoms with Crippen molar-refractivity contribution in [3.05, 3.63) is 118 Å². The molecule has 4 amide bonds. The molecule has 0 unspecified atom stereocenters. The molecule has 0 aliphatic carbocycles. The SMILES string of the molecule is CCCOc1cccc(Oc2cc3c(cc2NS(=O)(=O)c2cccc(C(=O)NCCOCCCOCC(=O)N[C@H](C(=O)N4C[C@H](O)C[C@H]4C(=O)N[C@@H](C)c4ccc(-c5scnc5C)cc4)C(C)(C)C)c2)n(C)c(=O)n3C)c1. The van der Waals surface area contributed by atoms with Crippen molar-refractivity contribution in [1.82, 2.24) is 35.0 Å². The van der Waals surface area contributed by atoms with E-state index in [1.165, 1.54) is 44.4 Å². The Bertz CT molecular complexity index is 3240. The number of aliphatic hydroxyl groups excluding tert-OH is 1. The van der Waals surface area contributed by atoms with E-state index in [0.717, 1.165) is 28.1 Å². The largest absolute Gasteiger partial charge is 0.493 e. The number of ether oxygens (including phenoxy) is 4. The zero-order chi connectivity index (χ0) is 55.6. The molecule has 6 aromatic rings. The molecule has 2 aromatic heterocycles. The van der Waals surface area contributed by atoms with Gasteiger partial charge in [-0.3, -0.25) is 33.0 Å². The van der Waals surface area contributed by atoms with Crippen LogP contribution in [0.5, 0.6) is 17.2 Å². The zero-order valence-electron chi connectivity index (χ0n) is 44.6. The Balaban J connectivity index is 0.848. The quantitative estimate of drug-likeness (QED) is 0.0423. The predicted octanol–water partition coefficient (Wildman–Crippen LogP) is 6.21. The topological polar surface area (TPSA) is 251 Å². The number of rotatable bonds is 24. The van der Waals surface area contributed by atoms with Gasteiger partial charge in [-0.15, -0.1) is 11.3 Å². The number of aromatic nitrogens is 3. The smallest absolute Gasteiger partial charge is 0.328 e. The number of imidazole rings is 1. The van der Waals surface area contributed by atoms with Crippen molar-refractivity contribution in [1.29, 1.82) is 0 Å². The number of likely N-dealkylation sites (tertiary alicyclic amines) is 1. The Morgan fingerprint density at radius 1 is 0.883 bits per heavy atom. The zero-order valence-corrected chi connectivity index (χ0v) is 46.2. The number of hydrogen-bond donors (Lipinski definition) is 5. The number of fused-ring (bicyclic) bond motifs is 1. The van der Waals surface area contributed by atoms with Gasteiger partial charge in [-0.1, -0.05) is 64.1 Å². The minimum atomic E-state index is -4.31. The third-order valence-electron chi connectivity index (χ3n) is 12.9. The Kier molecular flexibility index (Phi) is 19.0. The van der Waals surface area contributed by atoms with Crippen LogP contribution in [0.25, 0.3) is 21.5 Å². The predicted molar refractivity (Wildman–Crippen MR) is 293 cm³/mol. The van der Waals surface area contributed by atoms with E-state index >= 15 is 0 Å². The van der Waals surface area contributed by atoms with Gasteiger partial charge in [-0.05, 0) is 79.6 Å². The molecule has 0 saturated carbocycles. The van der Waals surface area contributed by atoms with Crippen molar-refractivity contribution in [2.75, 3.05) is 50.8 Å². The van der Waals surface area contributed by atoms with Crippen LogP contribution in [0.15, 0.2) is 100 Å². The number of thiazole rings is 1. The van der Waals surface area contributed by atoms with E-state index in [2.05, 4.69) is 25.7 Å². The molecule has 4 atom stereocenters. The third kappa shape index (κ3) is 14.5. The van der Waals surface area contributed by atoms with Crippen molar-refractivity contribution in [2.24, 2.45) is 19.5 Å². The first-order valence-electron chi connectivity index (χ1n) is 25.4. The number of carbonyl (C=O) groups excluding carboxylic acids is 4.